The lowest BCUT2D eigenvalue weighted by molar-refractivity contribution is -0.385. The van der Waals surface area contributed by atoms with Gasteiger partial charge < -0.3 is 9.47 Å². The minimum atomic E-state index is -0.577. The predicted molar refractivity (Wildman–Crippen MR) is 56.7 cm³/mol. The second-order valence-corrected chi connectivity index (χ2v) is 3.10. The summed E-state index contributed by atoms with van der Waals surface area (Å²) in [4.78, 5) is 21.0. The van der Waals surface area contributed by atoms with Gasteiger partial charge in [-0.05, 0) is 6.92 Å². The Bertz CT molecular complexity index is 415. The van der Waals surface area contributed by atoms with Gasteiger partial charge in [-0.2, -0.15) is 0 Å². The molecule has 0 radical (unpaired) electrons. The minimum absolute atomic E-state index is 0.0395. The molecule has 0 fully saturated rings. The zero-order valence-corrected chi connectivity index (χ0v) is 9.58. The highest BCUT2D eigenvalue weighted by atomic mass is 16.6. The molecule has 8 nitrogen and oxygen atoms in total. The van der Waals surface area contributed by atoms with E-state index < -0.39 is 10.9 Å². The largest absolute Gasteiger partial charge is 0.472 e. The highest BCUT2D eigenvalue weighted by molar-refractivity contribution is 5.68. The standard InChI is InChI=1S/C9H13N3O5/c1-3-17-9-7(12(14)15)6-11(10-9)5-4-8(13)16-2/h6H,3-5H2,1-2H3. The number of nitrogens with zero attached hydrogens (tertiary/aromatic N) is 3. The van der Waals surface area contributed by atoms with E-state index in [0.717, 1.165) is 0 Å². The molecule has 0 bridgehead atoms. The second-order valence-electron chi connectivity index (χ2n) is 3.10. The fourth-order valence-electron chi connectivity index (χ4n) is 1.18. The third-order valence-electron chi connectivity index (χ3n) is 1.96. The lowest BCUT2D eigenvalue weighted by Crippen LogP contribution is -2.07. The second kappa shape index (κ2) is 5.83. The van der Waals surface area contributed by atoms with Crippen LogP contribution in [-0.2, 0) is 16.1 Å². The van der Waals surface area contributed by atoms with Crippen LogP contribution >= 0.6 is 0 Å². The minimum Gasteiger partial charge on any atom is -0.472 e. The Morgan fingerprint density at radius 1 is 1.65 bits per heavy atom. The van der Waals surface area contributed by atoms with Crippen LogP contribution in [0.1, 0.15) is 13.3 Å². The van der Waals surface area contributed by atoms with Crippen molar-refractivity contribution in [1.29, 1.82) is 0 Å². The average molecular weight is 243 g/mol. The number of rotatable bonds is 6. The molecule has 0 N–H and O–H groups in total. The summed E-state index contributed by atoms with van der Waals surface area (Å²) in [5.74, 6) is -0.441. The van der Waals surface area contributed by atoms with Crippen LogP contribution in [0.2, 0.25) is 0 Å². The molecule has 0 unspecified atom stereocenters. The van der Waals surface area contributed by atoms with Crippen LogP contribution in [0.3, 0.4) is 0 Å². The summed E-state index contributed by atoms with van der Waals surface area (Å²) in [7, 11) is 1.28. The third-order valence-corrected chi connectivity index (χ3v) is 1.96. The Morgan fingerprint density at radius 3 is 2.88 bits per heavy atom. The number of nitro groups is 1. The first kappa shape index (κ1) is 12.9. The van der Waals surface area contributed by atoms with Gasteiger partial charge >= 0.3 is 17.5 Å². The van der Waals surface area contributed by atoms with Crippen molar-refractivity contribution in [3.63, 3.8) is 0 Å². The van der Waals surface area contributed by atoms with E-state index in [1.165, 1.54) is 18.0 Å². The monoisotopic (exact) mass is 243 g/mol. The third kappa shape index (κ3) is 3.44. The first-order chi connectivity index (χ1) is 8.08. The molecule has 94 valence electrons. The van der Waals surface area contributed by atoms with E-state index >= 15 is 0 Å². The average Bonchev–Trinajstić information content (AvgIpc) is 2.70. The molecule has 0 aliphatic heterocycles. The number of carbonyl (C=O) groups is 1. The molecular formula is C9H13N3O5. The topological polar surface area (TPSA) is 96.5 Å². The van der Waals surface area contributed by atoms with E-state index in [-0.39, 0.29) is 31.1 Å². The Hall–Kier alpha value is -2.12. The number of aryl methyl sites for hydroxylation is 1. The smallest absolute Gasteiger partial charge is 0.350 e. The van der Waals surface area contributed by atoms with Gasteiger partial charge in [0.05, 0.1) is 31.6 Å². The van der Waals surface area contributed by atoms with Crippen molar-refractivity contribution in [1.82, 2.24) is 9.78 Å². The van der Waals surface area contributed by atoms with Crippen LogP contribution < -0.4 is 4.74 Å². The highest BCUT2D eigenvalue weighted by Gasteiger charge is 2.20. The van der Waals surface area contributed by atoms with Crippen molar-refractivity contribution in [2.75, 3.05) is 13.7 Å². The molecule has 0 amide bonds. The van der Waals surface area contributed by atoms with Gasteiger partial charge in [0.25, 0.3) is 0 Å². The van der Waals surface area contributed by atoms with E-state index in [1.807, 2.05) is 0 Å². The normalized spacial score (nSPS) is 10.0. The van der Waals surface area contributed by atoms with E-state index in [1.54, 1.807) is 6.92 Å². The van der Waals surface area contributed by atoms with Crippen molar-refractivity contribution >= 4 is 11.7 Å². The van der Waals surface area contributed by atoms with Gasteiger partial charge in [0.1, 0.15) is 6.20 Å². The van der Waals surface area contributed by atoms with Crippen LogP contribution in [0.25, 0.3) is 0 Å². The predicted octanol–water partition coefficient (Wildman–Crippen LogP) is 0.753. The molecule has 0 atom stereocenters. The van der Waals surface area contributed by atoms with Gasteiger partial charge in [-0.25, -0.2) is 0 Å². The molecule has 1 heterocycles. The maximum absolute atomic E-state index is 10.9. The summed E-state index contributed by atoms with van der Waals surface area (Å²) in [6.07, 6.45) is 1.33. The Morgan fingerprint density at radius 2 is 2.35 bits per heavy atom. The summed E-state index contributed by atoms with van der Waals surface area (Å²) >= 11 is 0. The molecule has 0 aromatic carbocycles. The first-order valence-electron chi connectivity index (χ1n) is 5.00. The summed E-state index contributed by atoms with van der Waals surface area (Å²) < 4.78 is 10.8. The van der Waals surface area contributed by atoms with E-state index in [4.69, 9.17) is 4.74 Å². The van der Waals surface area contributed by atoms with Gasteiger partial charge in [0.2, 0.25) is 0 Å². The van der Waals surface area contributed by atoms with E-state index in [2.05, 4.69) is 9.84 Å². The molecule has 1 aromatic heterocycles. The molecule has 0 saturated carbocycles. The van der Waals surface area contributed by atoms with Gasteiger partial charge in [0.15, 0.2) is 0 Å². The molecule has 8 heteroatoms. The number of ether oxygens (including phenoxy) is 2. The van der Waals surface area contributed by atoms with Gasteiger partial charge in [-0.1, -0.05) is 0 Å². The molecule has 0 spiro atoms. The SMILES string of the molecule is CCOc1nn(CCC(=O)OC)cc1[N+](=O)[O-]. The van der Waals surface area contributed by atoms with Crippen LogP contribution in [0.15, 0.2) is 6.20 Å². The van der Waals surface area contributed by atoms with Crippen molar-refractivity contribution in [2.24, 2.45) is 0 Å². The van der Waals surface area contributed by atoms with Crippen LogP contribution in [0.5, 0.6) is 5.88 Å². The molecule has 0 saturated heterocycles. The number of esters is 1. The Kier molecular flexibility index (Phi) is 4.44. The number of hydrogen-bond donors (Lipinski definition) is 0. The molecule has 0 aliphatic rings. The zero-order chi connectivity index (χ0) is 12.8. The summed E-state index contributed by atoms with van der Waals surface area (Å²) in [6, 6.07) is 0. The first-order valence-corrected chi connectivity index (χ1v) is 5.00. The Labute approximate surface area is 97.3 Å². The zero-order valence-electron chi connectivity index (χ0n) is 9.58. The summed E-state index contributed by atoms with van der Waals surface area (Å²) in [6.45, 7) is 2.20. The maximum atomic E-state index is 10.9. The van der Waals surface area contributed by atoms with Crippen LogP contribution in [0, 0.1) is 10.1 Å². The molecule has 1 aromatic rings. The van der Waals surface area contributed by atoms with Gasteiger partial charge in [-0.15, -0.1) is 5.10 Å². The fourth-order valence-corrected chi connectivity index (χ4v) is 1.18. The molecule has 17 heavy (non-hydrogen) atoms. The molecule has 0 aliphatic carbocycles. The lowest BCUT2D eigenvalue weighted by Gasteiger charge is -1.99. The van der Waals surface area contributed by atoms with Crippen LogP contribution in [-0.4, -0.2) is 34.4 Å². The quantitative estimate of drug-likeness (QED) is 0.415. The van der Waals surface area contributed by atoms with Crippen LogP contribution in [0.4, 0.5) is 5.69 Å². The van der Waals surface area contributed by atoms with Crippen molar-refractivity contribution in [2.45, 2.75) is 19.9 Å². The van der Waals surface area contributed by atoms with Gasteiger partial charge in [-0.3, -0.25) is 19.6 Å². The maximum Gasteiger partial charge on any atom is 0.350 e. The van der Waals surface area contributed by atoms with E-state index in [9.17, 15) is 14.9 Å². The molecule has 1 rings (SSSR count). The highest BCUT2D eigenvalue weighted by Crippen LogP contribution is 2.24. The molecular weight excluding hydrogens is 230 g/mol. The van der Waals surface area contributed by atoms with E-state index in [0.29, 0.717) is 0 Å². The summed E-state index contributed by atoms with van der Waals surface area (Å²) in [5.41, 5.74) is -0.211. The number of carbonyl (C=O) groups excluding carboxylic acids is 1. The number of methoxy groups -OCH3 is 1. The Balaban J connectivity index is 2.77. The number of hydrogen-bond acceptors (Lipinski definition) is 6. The number of aromatic nitrogens is 2. The van der Waals surface area contributed by atoms with Crippen molar-refractivity contribution < 1.29 is 19.2 Å². The van der Waals surface area contributed by atoms with Crippen molar-refractivity contribution in [3.8, 4) is 5.88 Å². The van der Waals surface area contributed by atoms with Gasteiger partial charge in [0, 0.05) is 0 Å². The summed E-state index contributed by atoms with van der Waals surface area (Å²) in [5, 5.41) is 14.6. The van der Waals surface area contributed by atoms with Crippen molar-refractivity contribution in [3.05, 3.63) is 16.3 Å². The lowest BCUT2D eigenvalue weighted by atomic mass is 10.4. The fraction of sp³-hybridized carbons (Fsp3) is 0.556.